The minimum atomic E-state index is -0.0830. The molecule has 0 atom stereocenters. The fourth-order valence-corrected chi connectivity index (χ4v) is 3.42. The molecular weight excluding hydrogens is 364 g/mol. The van der Waals surface area contributed by atoms with E-state index in [1.54, 1.807) is 24.3 Å². The molecule has 1 amide bonds. The minimum Gasteiger partial charge on any atom is -0.353 e. The molecular formula is C22H24N6O. The number of rotatable bonds is 5. The summed E-state index contributed by atoms with van der Waals surface area (Å²) in [5.74, 6) is 1.57. The Labute approximate surface area is 170 Å². The molecule has 0 spiro atoms. The Morgan fingerprint density at radius 2 is 1.55 bits per heavy atom. The highest BCUT2D eigenvalue weighted by Gasteiger charge is 2.20. The van der Waals surface area contributed by atoms with Crippen LogP contribution < -0.4 is 9.80 Å². The molecule has 3 heterocycles. The normalized spacial score (nSPS) is 14.0. The summed E-state index contributed by atoms with van der Waals surface area (Å²) in [5, 5.41) is 0. The Bertz CT molecular complexity index is 925. The fourth-order valence-electron chi connectivity index (χ4n) is 3.42. The van der Waals surface area contributed by atoms with Gasteiger partial charge in [-0.1, -0.05) is 36.4 Å². The van der Waals surface area contributed by atoms with Crippen LogP contribution in [-0.2, 0) is 6.54 Å². The van der Waals surface area contributed by atoms with E-state index >= 15 is 0 Å². The van der Waals surface area contributed by atoms with Crippen LogP contribution in [0, 0.1) is 0 Å². The van der Waals surface area contributed by atoms with E-state index in [0.717, 1.165) is 37.6 Å². The van der Waals surface area contributed by atoms with Gasteiger partial charge >= 0.3 is 0 Å². The molecule has 0 aliphatic carbocycles. The van der Waals surface area contributed by atoms with Crippen LogP contribution in [0.25, 0.3) is 0 Å². The molecule has 1 fully saturated rings. The zero-order valence-corrected chi connectivity index (χ0v) is 16.5. The molecule has 1 saturated heterocycles. The molecule has 2 aromatic heterocycles. The van der Waals surface area contributed by atoms with E-state index in [0.29, 0.717) is 18.1 Å². The van der Waals surface area contributed by atoms with Crippen LogP contribution in [0.5, 0.6) is 0 Å². The van der Waals surface area contributed by atoms with Crippen molar-refractivity contribution in [3.63, 3.8) is 0 Å². The number of hydrogen-bond acceptors (Lipinski definition) is 6. The van der Waals surface area contributed by atoms with Crippen LogP contribution in [0.3, 0.4) is 0 Å². The SMILES string of the molecule is CN(Cc1ccccc1)C(=O)c1cnc(N2CCN(c3ccccn3)CC2)nc1. The highest BCUT2D eigenvalue weighted by Crippen LogP contribution is 2.16. The van der Waals surface area contributed by atoms with Crippen LogP contribution in [0.1, 0.15) is 15.9 Å². The summed E-state index contributed by atoms with van der Waals surface area (Å²) >= 11 is 0. The lowest BCUT2D eigenvalue weighted by Gasteiger charge is -2.35. The van der Waals surface area contributed by atoms with Crippen molar-refractivity contribution in [2.45, 2.75) is 6.54 Å². The van der Waals surface area contributed by atoms with Crippen molar-refractivity contribution in [1.82, 2.24) is 19.9 Å². The highest BCUT2D eigenvalue weighted by atomic mass is 16.2. The summed E-state index contributed by atoms with van der Waals surface area (Å²) in [4.78, 5) is 32.0. The van der Waals surface area contributed by atoms with E-state index in [-0.39, 0.29) is 5.91 Å². The van der Waals surface area contributed by atoms with E-state index in [2.05, 4.69) is 24.8 Å². The third kappa shape index (κ3) is 4.51. The van der Waals surface area contributed by atoms with Gasteiger partial charge in [-0.15, -0.1) is 0 Å². The Kier molecular flexibility index (Phi) is 5.65. The lowest BCUT2D eigenvalue weighted by molar-refractivity contribution is 0.0784. The lowest BCUT2D eigenvalue weighted by Crippen LogP contribution is -2.47. The quantitative estimate of drug-likeness (QED) is 0.669. The maximum atomic E-state index is 12.7. The second-order valence-corrected chi connectivity index (χ2v) is 7.08. The smallest absolute Gasteiger partial charge is 0.257 e. The van der Waals surface area contributed by atoms with E-state index in [1.807, 2.05) is 54.7 Å². The summed E-state index contributed by atoms with van der Waals surface area (Å²) in [6, 6.07) is 15.9. The predicted molar refractivity (Wildman–Crippen MR) is 113 cm³/mol. The van der Waals surface area contributed by atoms with Gasteiger partial charge in [-0.25, -0.2) is 15.0 Å². The van der Waals surface area contributed by atoms with Crippen molar-refractivity contribution >= 4 is 17.7 Å². The standard InChI is InChI=1S/C22H24N6O/c1-26(17-18-7-3-2-4-8-18)21(29)19-15-24-22(25-16-19)28-13-11-27(12-14-28)20-9-5-6-10-23-20/h2-10,15-16H,11-14,17H2,1H3. The predicted octanol–water partition coefficient (Wildman–Crippen LogP) is 2.47. The van der Waals surface area contributed by atoms with Crippen molar-refractivity contribution in [1.29, 1.82) is 0 Å². The zero-order chi connectivity index (χ0) is 20.1. The molecule has 29 heavy (non-hydrogen) atoms. The first-order valence-corrected chi connectivity index (χ1v) is 9.73. The number of pyridine rings is 1. The topological polar surface area (TPSA) is 65.5 Å². The first-order chi connectivity index (χ1) is 14.2. The molecule has 1 aliphatic heterocycles. The number of aromatic nitrogens is 3. The van der Waals surface area contributed by atoms with Gasteiger partial charge in [0.15, 0.2) is 0 Å². The summed E-state index contributed by atoms with van der Waals surface area (Å²) in [6.45, 7) is 3.91. The largest absolute Gasteiger partial charge is 0.353 e. The van der Waals surface area contributed by atoms with E-state index in [1.165, 1.54) is 0 Å². The van der Waals surface area contributed by atoms with E-state index < -0.39 is 0 Å². The van der Waals surface area contributed by atoms with Crippen LogP contribution in [0.2, 0.25) is 0 Å². The minimum absolute atomic E-state index is 0.0830. The fraction of sp³-hybridized carbons (Fsp3) is 0.273. The van der Waals surface area contributed by atoms with Gasteiger partial charge < -0.3 is 14.7 Å². The molecule has 1 aliphatic rings. The number of piperazine rings is 1. The average Bonchev–Trinajstić information content (AvgIpc) is 2.80. The molecule has 7 heteroatoms. The van der Waals surface area contributed by atoms with Crippen LogP contribution >= 0.6 is 0 Å². The van der Waals surface area contributed by atoms with E-state index in [4.69, 9.17) is 0 Å². The van der Waals surface area contributed by atoms with Crippen molar-refractivity contribution < 1.29 is 4.79 Å². The third-order valence-electron chi connectivity index (χ3n) is 5.03. The number of carbonyl (C=O) groups excluding carboxylic acids is 1. The molecule has 3 aromatic rings. The maximum Gasteiger partial charge on any atom is 0.257 e. The molecule has 0 radical (unpaired) electrons. The number of hydrogen-bond donors (Lipinski definition) is 0. The Hall–Kier alpha value is -3.48. The van der Waals surface area contributed by atoms with Gasteiger partial charge in [-0.3, -0.25) is 4.79 Å². The number of amides is 1. The van der Waals surface area contributed by atoms with Crippen molar-refractivity contribution in [3.8, 4) is 0 Å². The molecule has 0 unspecified atom stereocenters. The number of benzene rings is 1. The summed E-state index contributed by atoms with van der Waals surface area (Å²) in [6.07, 6.45) is 5.06. The molecule has 0 bridgehead atoms. The van der Waals surface area contributed by atoms with Crippen LogP contribution in [-0.4, -0.2) is 59.0 Å². The second kappa shape index (κ2) is 8.68. The van der Waals surface area contributed by atoms with Gasteiger partial charge in [-0.05, 0) is 17.7 Å². The first-order valence-electron chi connectivity index (χ1n) is 9.73. The lowest BCUT2D eigenvalue weighted by atomic mass is 10.2. The average molecular weight is 388 g/mol. The van der Waals surface area contributed by atoms with Gasteiger partial charge in [0, 0.05) is 58.4 Å². The molecule has 7 nitrogen and oxygen atoms in total. The highest BCUT2D eigenvalue weighted by molar-refractivity contribution is 5.93. The van der Waals surface area contributed by atoms with E-state index in [9.17, 15) is 4.79 Å². The second-order valence-electron chi connectivity index (χ2n) is 7.08. The van der Waals surface area contributed by atoms with Crippen molar-refractivity contribution in [3.05, 3.63) is 78.2 Å². The van der Waals surface area contributed by atoms with Crippen molar-refractivity contribution in [2.24, 2.45) is 0 Å². The summed E-state index contributed by atoms with van der Waals surface area (Å²) < 4.78 is 0. The number of anilines is 2. The molecule has 0 saturated carbocycles. The molecule has 148 valence electrons. The first kappa shape index (κ1) is 18.9. The van der Waals surface area contributed by atoms with Gasteiger partial charge in [0.25, 0.3) is 5.91 Å². The molecule has 4 rings (SSSR count). The van der Waals surface area contributed by atoms with Crippen LogP contribution in [0.15, 0.2) is 67.1 Å². The summed E-state index contributed by atoms with van der Waals surface area (Å²) in [7, 11) is 1.79. The molecule has 0 N–H and O–H groups in total. The third-order valence-corrected chi connectivity index (χ3v) is 5.03. The van der Waals surface area contributed by atoms with Gasteiger partial charge in [0.1, 0.15) is 5.82 Å². The van der Waals surface area contributed by atoms with Gasteiger partial charge in [0.05, 0.1) is 5.56 Å². The Morgan fingerprint density at radius 3 is 2.21 bits per heavy atom. The van der Waals surface area contributed by atoms with Gasteiger partial charge in [0.2, 0.25) is 5.95 Å². The Balaban J connectivity index is 1.35. The zero-order valence-electron chi connectivity index (χ0n) is 16.5. The molecule has 1 aromatic carbocycles. The van der Waals surface area contributed by atoms with Crippen molar-refractivity contribution in [2.75, 3.05) is 43.0 Å². The Morgan fingerprint density at radius 1 is 0.897 bits per heavy atom. The monoisotopic (exact) mass is 388 g/mol. The maximum absolute atomic E-state index is 12.7. The summed E-state index contributed by atoms with van der Waals surface area (Å²) in [5.41, 5.74) is 1.59. The van der Waals surface area contributed by atoms with Gasteiger partial charge in [-0.2, -0.15) is 0 Å². The van der Waals surface area contributed by atoms with Crippen LogP contribution in [0.4, 0.5) is 11.8 Å². The number of nitrogens with zero attached hydrogens (tertiary/aromatic N) is 6. The number of carbonyl (C=O) groups is 1.